The lowest BCUT2D eigenvalue weighted by Crippen LogP contribution is -2.25. The summed E-state index contributed by atoms with van der Waals surface area (Å²) < 4.78 is 29.3. The Morgan fingerprint density at radius 2 is 2.06 bits per heavy atom. The number of hydrogen-bond acceptors (Lipinski definition) is 2. The van der Waals surface area contributed by atoms with Crippen LogP contribution in [0.25, 0.3) is 0 Å². The molecule has 0 bridgehead atoms. The highest BCUT2D eigenvalue weighted by Crippen LogP contribution is 2.24. The standard InChI is InChI=1S/C11H12BrClFNOS/c1-11(2,3)17(16)15-6-7-4-8(12)5-9(13)10(7)14/h4-6H,1-3H3/b15-6+. The molecule has 17 heavy (non-hydrogen) atoms. The largest absolute Gasteiger partial charge is 0.591 e. The molecule has 1 rings (SSSR count). The molecule has 2 nitrogen and oxygen atoms in total. The molecular formula is C11H12BrClFNOS. The quantitative estimate of drug-likeness (QED) is 0.453. The molecule has 0 fully saturated rings. The zero-order valence-corrected chi connectivity index (χ0v) is 12.8. The Balaban J connectivity index is 3.00. The second-order valence-electron chi connectivity index (χ2n) is 4.39. The second kappa shape index (κ2) is 5.69. The SMILES string of the molecule is CC(C)(C)[S+]([O-])/N=C/c1cc(Br)cc(Cl)c1F. The Bertz CT molecular complexity index is 448. The topological polar surface area (TPSA) is 35.4 Å². The number of halogens is 3. The highest BCUT2D eigenvalue weighted by molar-refractivity contribution is 9.10. The van der Waals surface area contributed by atoms with Crippen LogP contribution in [0.2, 0.25) is 5.02 Å². The van der Waals surface area contributed by atoms with Crippen LogP contribution >= 0.6 is 27.5 Å². The summed E-state index contributed by atoms with van der Waals surface area (Å²) in [7, 11) is 0. The van der Waals surface area contributed by atoms with E-state index in [-0.39, 0.29) is 10.6 Å². The van der Waals surface area contributed by atoms with E-state index in [9.17, 15) is 8.94 Å². The lowest BCUT2D eigenvalue weighted by molar-refractivity contribution is 0.561. The minimum absolute atomic E-state index is 0.00219. The summed E-state index contributed by atoms with van der Waals surface area (Å²) >= 11 is 7.47. The van der Waals surface area contributed by atoms with Crippen molar-refractivity contribution in [3.63, 3.8) is 0 Å². The first-order chi connectivity index (χ1) is 7.71. The van der Waals surface area contributed by atoms with Gasteiger partial charge in [-0.05, 0) is 32.9 Å². The van der Waals surface area contributed by atoms with Gasteiger partial charge < -0.3 is 4.55 Å². The minimum atomic E-state index is -1.41. The van der Waals surface area contributed by atoms with Gasteiger partial charge in [-0.2, -0.15) is 0 Å². The molecule has 0 saturated heterocycles. The fourth-order valence-electron chi connectivity index (χ4n) is 0.933. The molecule has 0 spiro atoms. The summed E-state index contributed by atoms with van der Waals surface area (Å²) in [5.74, 6) is -0.565. The molecule has 0 aromatic heterocycles. The average Bonchev–Trinajstić information content (AvgIpc) is 2.19. The summed E-state index contributed by atoms with van der Waals surface area (Å²) in [6, 6.07) is 2.99. The van der Waals surface area contributed by atoms with Gasteiger partial charge in [-0.1, -0.05) is 31.9 Å². The molecule has 1 atom stereocenters. The number of rotatable bonds is 2. The van der Waals surface area contributed by atoms with Gasteiger partial charge in [0.1, 0.15) is 16.1 Å². The first-order valence-electron chi connectivity index (χ1n) is 4.82. The van der Waals surface area contributed by atoms with E-state index < -0.39 is 21.9 Å². The Morgan fingerprint density at radius 1 is 1.47 bits per heavy atom. The van der Waals surface area contributed by atoms with Crippen molar-refractivity contribution in [1.82, 2.24) is 0 Å². The van der Waals surface area contributed by atoms with Crippen LogP contribution in [-0.4, -0.2) is 15.5 Å². The molecule has 94 valence electrons. The van der Waals surface area contributed by atoms with Gasteiger partial charge in [-0.25, -0.2) is 4.39 Å². The van der Waals surface area contributed by atoms with Gasteiger partial charge in [0, 0.05) is 10.0 Å². The van der Waals surface area contributed by atoms with E-state index in [0.29, 0.717) is 4.47 Å². The van der Waals surface area contributed by atoms with Gasteiger partial charge >= 0.3 is 0 Å². The molecule has 0 saturated carbocycles. The highest BCUT2D eigenvalue weighted by atomic mass is 79.9. The molecule has 0 aliphatic carbocycles. The van der Waals surface area contributed by atoms with E-state index >= 15 is 0 Å². The third-order valence-corrected chi connectivity index (χ3v) is 3.91. The fourth-order valence-corrected chi connectivity index (χ4v) is 2.29. The smallest absolute Gasteiger partial charge is 0.150 e. The van der Waals surface area contributed by atoms with Crippen molar-refractivity contribution >= 4 is 45.1 Å². The second-order valence-corrected chi connectivity index (χ2v) is 7.64. The predicted molar refractivity (Wildman–Crippen MR) is 74.6 cm³/mol. The molecule has 0 amide bonds. The van der Waals surface area contributed by atoms with Crippen LogP contribution in [0.3, 0.4) is 0 Å². The maximum Gasteiger partial charge on any atom is 0.150 e. The lowest BCUT2D eigenvalue weighted by atomic mass is 10.2. The van der Waals surface area contributed by atoms with Crippen LogP contribution in [0.15, 0.2) is 21.0 Å². The molecule has 0 radical (unpaired) electrons. The Morgan fingerprint density at radius 3 is 2.59 bits per heavy atom. The molecule has 1 unspecified atom stereocenters. The van der Waals surface area contributed by atoms with Gasteiger partial charge in [0.15, 0.2) is 5.82 Å². The van der Waals surface area contributed by atoms with Gasteiger partial charge in [-0.15, -0.1) is 0 Å². The molecule has 1 aromatic rings. The first-order valence-corrected chi connectivity index (χ1v) is 7.10. The monoisotopic (exact) mass is 339 g/mol. The fraction of sp³-hybridized carbons (Fsp3) is 0.364. The average molecular weight is 341 g/mol. The van der Waals surface area contributed by atoms with Crippen LogP contribution in [-0.2, 0) is 11.4 Å². The lowest BCUT2D eigenvalue weighted by Gasteiger charge is -2.17. The summed E-state index contributed by atoms with van der Waals surface area (Å²) in [5, 5.41) is 0.00219. The van der Waals surface area contributed by atoms with Gasteiger partial charge in [0.25, 0.3) is 0 Å². The van der Waals surface area contributed by atoms with E-state index in [1.807, 2.05) is 0 Å². The third kappa shape index (κ3) is 4.25. The summed E-state index contributed by atoms with van der Waals surface area (Å²) in [4.78, 5) is 0. The zero-order valence-electron chi connectivity index (χ0n) is 9.63. The van der Waals surface area contributed by atoms with E-state index in [2.05, 4.69) is 20.3 Å². The van der Waals surface area contributed by atoms with Crippen LogP contribution in [0.4, 0.5) is 4.39 Å². The molecule has 0 N–H and O–H groups in total. The molecular weight excluding hydrogens is 329 g/mol. The van der Waals surface area contributed by atoms with E-state index in [1.54, 1.807) is 20.8 Å². The van der Waals surface area contributed by atoms with E-state index in [0.717, 1.165) is 0 Å². The van der Waals surface area contributed by atoms with E-state index in [4.69, 9.17) is 11.6 Å². The van der Waals surface area contributed by atoms with E-state index in [1.165, 1.54) is 18.3 Å². The van der Waals surface area contributed by atoms with Gasteiger partial charge in [0.2, 0.25) is 0 Å². The van der Waals surface area contributed by atoms with Crippen molar-refractivity contribution in [3.05, 3.63) is 33.0 Å². The summed E-state index contributed by atoms with van der Waals surface area (Å²) in [6.07, 6.45) is 1.24. The predicted octanol–water partition coefficient (Wildman–Crippen LogP) is 4.12. The third-order valence-electron chi connectivity index (χ3n) is 1.83. The molecule has 0 aliphatic heterocycles. The van der Waals surface area contributed by atoms with Crippen molar-refractivity contribution in [2.24, 2.45) is 4.40 Å². The van der Waals surface area contributed by atoms with Crippen molar-refractivity contribution in [1.29, 1.82) is 0 Å². The van der Waals surface area contributed by atoms with Crippen LogP contribution in [0.5, 0.6) is 0 Å². The Hall–Kier alpha value is -0.100. The summed E-state index contributed by atoms with van der Waals surface area (Å²) in [5.41, 5.74) is 0.210. The molecule has 0 heterocycles. The first kappa shape index (κ1) is 15.0. The van der Waals surface area contributed by atoms with Crippen LogP contribution in [0, 0.1) is 5.82 Å². The molecule has 1 aromatic carbocycles. The number of hydrogen-bond donors (Lipinski definition) is 0. The maximum absolute atomic E-state index is 13.6. The van der Waals surface area contributed by atoms with Crippen molar-refractivity contribution in [3.8, 4) is 0 Å². The number of benzene rings is 1. The minimum Gasteiger partial charge on any atom is -0.591 e. The Labute approximate surface area is 117 Å². The van der Waals surface area contributed by atoms with Crippen molar-refractivity contribution < 1.29 is 8.94 Å². The highest BCUT2D eigenvalue weighted by Gasteiger charge is 2.26. The van der Waals surface area contributed by atoms with Crippen LogP contribution in [0.1, 0.15) is 26.3 Å². The molecule has 6 heteroatoms. The van der Waals surface area contributed by atoms with Crippen LogP contribution < -0.4 is 0 Å². The number of nitrogens with zero attached hydrogens (tertiary/aromatic N) is 1. The van der Waals surface area contributed by atoms with Gasteiger partial charge in [0.05, 0.1) is 11.2 Å². The Kier molecular flexibility index (Phi) is 5.01. The van der Waals surface area contributed by atoms with Gasteiger partial charge in [-0.3, -0.25) is 0 Å². The normalized spacial score (nSPS) is 14.3. The maximum atomic E-state index is 13.6. The van der Waals surface area contributed by atoms with Crippen molar-refractivity contribution in [2.45, 2.75) is 25.5 Å². The van der Waals surface area contributed by atoms with Crippen molar-refractivity contribution in [2.75, 3.05) is 0 Å². The summed E-state index contributed by atoms with van der Waals surface area (Å²) in [6.45, 7) is 5.39. The molecule has 0 aliphatic rings. The zero-order chi connectivity index (χ0) is 13.2.